The van der Waals surface area contributed by atoms with Crippen LogP contribution in [0, 0.1) is 5.92 Å². The monoisotopic (exact) mass is 359 g/mol. The number of amides is 1. The molecule has 1 N–H and O–H groups in total. The van der Waals surface area contributed by atoms with E-state index in [0.717, 1.165) is 19.4 Å². The van der Waals surface area contributed by atoms with Crippen LogP contribution in [0.25, 0.3) is 0 Å². The van der Waals surface area contributed by atoms with Crippen LogP contribution in [0.5, 0.6) is 5.75 Å². The normalized spacial score (nSPS) is 22.4. The van der Waals surface area contributed by atoms with E-state index in [1.165, 1.54) is 12.8 Å². The molecule has 1 aliphatic rings. The van der Waals surface area contributed by atoms with Crippen molar-refractivity contribution in [3.8, 4) is 5.75 Å². The van der Waals surface area contributed by atoms with Crippen LogP contribution >= 0.6 is 27.5 Å². The molecule has 0 aromatic heterocycles. The SMILES string of the molecule is COc1cc(Cl)ccc1C(=O)NCC1CCC(Br)CC1. The molecule has 1 fully saturated rings. The molecule has 0 bridgehead atoms. The van der Waals surface area contributed by atoms with Gasteiger partial charge in [0.05, 0.1) is 12.7 Å². The summed E-state index contributed by atoms with van der Waals surface area (Å²) < 4.78 is 5.20. The Balaban J connectivity index is 1.92. The number of methoxy groups -OCH3 is 1. The van der Waals surface area contributed by atoms with E-state index in [-0.39, 0.29) is 5.91 Å². The number of halogens is 2. The van der Waals surface area contributed by atoms with E-state index in [2.05, 4.69) is 21.2 Å². The topological polar surface area (TPSA) is 38.3 Å². The van der Waals surface area contributed by atoms with Crippen LogP contribution < -0.4 is 10.1 Å². The third-order valence-corrected chi connectivity index (χ3v) is 4.89. The molecule has 20 heavy (non-hydrogen) atoms. The molecule has 1 amide bonds. The fourth-order valence-electron chi connectivity index (χ4n) is 2.51. The van der Waals surface area contributed by atoms with Crippen LogP contribution in [0.3, 0.4) is 0 Å². The average Bonchev–Trinajstić information content (AvgIpc) is 2.46. The van der Waals surface area contributed by atoms with Gasteiger partial charge in [-0.05, 0) is 49.8 Å². The Kier molecular flexibility index (Phi) is 5.73. The highest BCUT2D eigenvalue weighted by Crippen LogP contribution is 2.28. The summed E-state index contributed by atoms with van der Waals surface area (Å²) in [6, 6.07) is 5.06. The van der Waals surface area contributed by atoms with Crippen molar-refractivity contribution < 1.29 is 9.53 Å². The second kappa shape index (κ2) is 7.32. The number of carbonyl (C=O) groups is 1. The summed E-state index contributed by atoms with van der Waals surface area (Å²) in [4.78, 5) is 12.8. The number of hydrogen-bond acceptors (Lipinski definition) is 2. The van der Waals surface area contributed by atoms with Crippen molar-refractivity contribution in [2.45, 2.75) is 30.5 Å². The molecule has 0 saturated heterocycles. The Bertz CT molecular complexity index is 473. The fraction of sp³-hybridized carbons (Fsp3) is 0.533. The number of benzene rings is 1. The summed E-state index contributed by atoms with van der Waals surface area (Å²) in [6.45, 7) is 0.727. The van der Waals surface area contributed by atoms with Crippen LogP contribution in [0.4, 0.5) is 0 Å². The van der Waals surface area contributed by atoms with Gasteiger partial charge in [-0.2, -0.15) is 0 Å². The Morgan fingerprint density at radius 3 is 2.75 bits per heavy atom. The second-order valence-electron chi connectivity index (χ2n) is 5.17. The summed E-state index contributed by atoms with van der Waals surface area (Å²) in [6.07, 6.45) is 4.69. The van der Waals surface area contributed by atoms with Gasteiger partial charge in [0.1, 0.15) is 5.75 Å². The Morgan fingerprint density at radius 2 is 2.10 bits per heavy atom. The molecular formula is C15H19BrClNO2. The maximum atomic E-state index is 12.2. The van der Waals surface area contributed by atoms with Gasteiger partial charge in [-0.15, -0.1) is 0 Å². The van der Waals surface area contributed by atoms with Gasteiger partial charge in [-0.3, -0.25) is 4.79 Å². The molecule has 1 aromatic carbocycles. The lowest BCUT2D eigenvalue weighted by Crippen LogP contribution is -2.31. The third-order valence-electron chi connectivity index (χ3n) is 3.74. The predicted octanol–water partition coefficient (Wildman–Crippen LogP) is 4.03. The van der Waals surface area contributed by atoms with Crippen molar-refractivity contribution in [3.63, 3.8) is 0 Å². The minimum atomic E-state index is -0.0977. The molecule has 0 heterocycles. The minimum absolute atomic E-state index is 0.0977. The van der Waals surface area contributed by atoms with Gasteiger partial charge >= 0.3 is 0 Å². The molecule has 0 radical (unpaired) electrons. The van der Waals surface area contributed by atoms with Crippen molar-refractivity contribution >= 4 is 33.4 Å². The number of nitrogens with one attached hydrogen (secondary N) is 1. The average molecular weight is 361 g/mol. The first-order chi connectivity index (χ1) is 9.60. The third kappa shape index (κ3) is 4.13. The molecule has 1 aliphatic carbocycles. The first-order valence-electron chi connectivity index (χ1n) is 6.86. The van der Waals surface area contributed by atoms with Crippen molar-refractivity contribution in [3.05, 3.63) is 28.8 Å². The maximum absolute atomic E-state index is 12.2. The standard InChI is InChI=1S/C15H19BrClNO2/c1-20-14-8-12(17)6-7-13(14)15(19)18-9-10-2-4-11(16)5-3-10/h6-8,10-11H,2-5,9H2,1H3,(H,18,19). The minimum Gasteiger partial charge on any atom is -0.496 e. The lowest BCUT2D eigenvalue weighted by molar-refractivity contribution is 0.0941. The highest BCUT2D eigenvalue weighted by Gasteiger charge is 2.20. The van der Waals surface area contributed by atoms with Gasteiger partial charge in [-0.1, -0.05) is 27.5 Å². The van der Waals surface area contributed by atoms with E-state index in [1.54, 1.807) is 25.3 Å². The zero-order valence-electron chi connectivity index (χ0n) is 11.5. The van der Waals surface area contributed by atoms with Crippen LogP contribution in [0.2, 0.25) is 5.02 Å². The molecule has 1 aromatic rings. The van der Waals surface area contributed by atoms with Crippen molar-refractivity contribution in [1.82, 2.24) is 5.32 Å². The van der Waals surface area contributed by atoms with E-state index >= 15 is 0 Å². The summed E-state index contributed by atoms with van der Waals surface area (Å²) in [5.41, 5.74) is 0.533. The first-order valence-corrected chi connectivity index (χ1v) is 8.15. The number of carbonyl (C=O) groups excluding carboxylic acids is 1. The van der Waals surface area contributed by atoms with Crippen LogP contribution in [0.15, 0.2) is 18.2 Å². The molecule has 0 unspecified atom stereocenters. The van der Waals surface area contributed by atoms with Crippen LogP contribution in [-0.2, 0) is 0 Å². The number of alkyl halides is 1. The molecular weight excluding hydrogens is 342 g/mol. The predicted molar refractivity (Wildman–Crippen MR) is 85.0 cm³/mol. The number of ether oxygens (including phenoxy) is 1. The number of rotatable bonds is 4. The summed E-state index contributed by atoms with van der Waals surface area (Å²) in [7, 11) is 1.54. The molecule has 2 rings (SSSR count). The van der Waals surface area contributed by atoms with Crippen molar-refractivity contribution in [2.24, 2.45) is 5.92 Å². The second-order valence-corrected chi connectivity index (χ2v) is 6.90. The highest BCUT2D eigenvalue weighted by atomic mass is 79.9. The van der Waals surface area contributed by atoms with Crippen molar-refractivity contribution in [1.29, 1.82) is 0 Å². The van der Waals surface area contributed by atoms with E-state index in [1.807, 2.05) is 0 Å². The van der Waals surface area contributed by atoms with Crippen LogP contribution in [-0.4, -0.2) is 24.4 Å². The highest BCUT2D eigenvalue weighted by molar-refractivity contribution is 9.09. The molecule has 0 spiro atoms. The summed E-state index contributed by atoms with van der Waals surface area (Å²) >= 11 is 9.54. The molecule has 110 valence electrons. The van der Waals surface area contributed by atoms with E-state index < -0.39 is 0 Å². The first kappa shape index (κ1) is 15.6. The zero-order valence-corrected chi connectivity index (χ0v) is 13.8. The van der Waals surface area contributed by atoms with Gasteiger partial charge in [0.25, 0.3) is 5.91 Å². The maximum Gasteiger partial charge on any atom is 0.255 e. The number of hydrogen-bond donors (Lipinski definition) is 1. The van der Waals surface area contributed by atoms with Crippen LogP contribution in [0.1, 0.15) is 36.0 Å². The van der Waals surface area contributed by atoms with Gasteiger partial charge in [0.2, 0.25) is 0 Å². The van der Waals surface area contributed by atoms with Gasteiger partial charge in [0, 0.05) is 16.4 Å². The van der Waals surface area contributed by atoms with Gasteiger partial charge in [0.15, 0.2) is 0 Å². The quantitative estimate of drug-likeness (QED) is 0.823. The Labute approximate surface area is 133 Å². The Morgan fingerprint density at radius 1 is 1.40 bits per heavy atom. The molecule has 0 atom stereocenters. The fourth-order valence-corrected chi connectivity index (χ4v) is 3.20. The molecule has 5 heteroatoms. The lowest BCUT2D eigenvalue weighted by atomic mass is 9.89. The smallest absolute Gasteiger partial charge is 0.255 e. The van der Waals surface area contributed by atoms with E-state index in [9.17, 15) is 4.79 Å². The lowest BCUT2D eigenvalue weighted by Gasteiger charge is -2.25. The van der Waals surface area contributed by atoms with Gasteiger partial charge in [-0.25, -0.2) is 0 Å². The van der Waals surface area contributed by atoms with Crippen molar-refractivity contribution in [2.75, 3.05) is 13.7 Å². The van der Waals surface area contributed by atoms with Gasteiger partial charge < -0.3 is 10.1 Å². The largest absolute Gasteiger partial charge is 0.496 e. The Hall–Kier alpha value is -0.740. The van der Waals surface area contributed by atoms with E-state index in [4.69, 9.17) is 16.3 Å². The zero-order chi connectivity index (χ0) is 14.5. The summed E-state index contributed by atoms with van der Waals surface area (Å²) in [5, 5.41) is 3.56. The summed E-state index contributed by atoms with van der Waals surface area (Å²) in [5.74, 6) is 0.990. The molecule has 1 saturated carbocycles. The van der Waals surface area contributed by atoms with E-state index in [0.29, 0.717) is 27.1 Å². The molecule has 0 aliphatic heterocycles. The molecule has 3 nitrogen and oxygen atoms in total.